The quantitative estimate of drug-likeness (QED) is 0.279. The summed E-state index contributed by atoms with van der Waals surface area (Å²) in [6.07, 6.45) is 13.0. The predicted octanol–water partition coefficient (Wildman–Crippen LogP) is 5.20. The summed E-state index contributed by atoms with van der Waals surface area (Å²) in [6.45, 7) is 6.12. The van der Waals surface area contributed by atoms with Gasteiger partial charge in [-0.05, 0) is 50.2 Å². The fraction of sp³-hybridized carbons (Fsp3) is 0.474. The maximum Gasteiger partial charge on any atom is 0.103 e. The second-order valence-corrected chi connectivity index (χ2v) is 5.78. The molecular weight excluding hydrogens is 421 g/mol. The molecule has 0 amide bonds. The number of hydroxylamine groups is 2. The fourth-order valence-corrected chi connectivity index (χ4v) is 1.51. The third-order valence-electron chi connectivity index (χ3n) is 3.58. The van der Waals surface area contributed by atoms with Crippen molar-refractivity contribution >= 4 is 0 Å². The maximum absolute atomic E-state index is 9.65. The molecule has 1 aliphatic rings. The zero-order valence-electron chi connectivity index (χ0n) is 17.4. The molecule has 1 aromatic heterocycles. The number of rotatable bonds is 4. The van der Waals surface area contributed by atoms with Crippen LogP contribution in [0.2, 0.25) is 0 Å². The molecule has 0 bridgehead atoms. The molecule has 1 aromatic rings. The van der Waals surface area contributed by atoms with Gasteiger partial charge in [-0.2, -0.15) is 12.8 Å². The molecule has 0 unspecified atom stereocenters. The Morgan fingerprint density at radius 1 is 0.828 bits per heavy atom. The first-order chi connectivity index (χ1) is 13.4. The van der Waals surface area contributed by atoms with Crippen molar-refractivity contribution in [3.05, 3.63) is 69.6 Å². The van der Waals surface area contributed by atoms with E-state index in [1.165, 1.54) is 46.0 Å². The van der Waals surface area contributed by atoms with Crippen molar-refractivity contribution in [1.29, 1.82) is 0 Å². The van der Waals surface area contributed by atoms with Crippen LogP contribution in [0.4, 0.5) is 0 Å². The number of hydrogen-bond acceptors (Lipinski definition) is 9. The van der Waals surface area contributed by atoms with Gasteiger partial charge in [-0.3, -0.25) is 26.4 Å². The summed E-state index contributed by atoms with van der Waals surface area (Å²) in [5, 5.41) is 21.4. The Morgan fingerprint density at radius 3 is 1.34 bits per heavy atom. The summed E-state index contributed by atoms with van der Waals surface area (Å²) < 4.78 is 0. The van der Waals surface area contributed by atoms with Crippen molar-refractivity contribution in [3.8, 4) is 0 Å². The van der Waals surface area contributed by atoms with Gasteiger partial charge < -0.3 is 6.42 Å². The van der Waals surface area contributed by atoms with Crippen LogP contribution < -0.4 is 11.0 Å². The Labute approximate surface area is 183 Å². The van der Waals surface area contributed by atoms with E-state index in [9.17, 15) is 9.81 Å². The standard InChI is InChI=1S/C6H11.C5H5N.2C4H8N2O2.Co/c2*1-2-4-6-5-3-1;2*1-3(5-7)4(2)6-8;/h1H,2-6H2;1-5H;2*5,7H,1-2H3;/q-1;;;;/b;;2*4-3-;. The minimum absolute atomic E-state index is 0. The molecule has 4 N–H and O–H groups in total. The Bertz CT molecular complexity index is 511. The van der Waals surface area contributed by atoms with Gasteiger partial charge in [0.25, 0.3) is 0 Å². The van der Waals surface area contributed by atoms with Gasteiger partial charge in [-0.25, -0.2) is 0 Å². The SMILES string of the molecule is C/C(N=O)=C(\C)NO.C/C(N=O)=C(\C)NO.[CH-]1CCCCC1.[Co].c1ccncc1. The van der Waals surface area contributed by atoms with Crippen molar-refractivity contribution in [2.24, 2.45) is 10.4 Å². The van der Waals surface area contributed by atoms with E-state index in [-0.39, 0.29) is 28.2 Å². The second kappa shape index (κ2) is 23.9. The molecule has 1 heterocycles. The van der Waals surface area contributed by atoms with E-state index in [0.29, 0.717) is 11.4 Å². The van der Waals surface area contributed by atoms with E-state index in [4.69, 9.17) is 10.4 Å². The van der Waals surface area contributed by atoms with Crippen LogP contribution in [0.25, 0.3) is 0 Å². The van der Waals surface area contributed by atoms with Crippen molar-refractivity contribution in [2.45, 2.75) is 59.8 Å². The summed E-state index contributed by atoms with van der Waals surface area (Å²) in [5.41, 5.74) is 4.87. The topological polar surface area (TPSA) is 136 Å². The molecule has 2 rings (SSSR count). The van der Waals surface area contributed by atoms with Gasteiger partial charge >= 0.3 is 0 Å². The van der Waals surface area contributed by atoms with Crippen molar-refractivity contribution < 1.29 is 27.2 Å². The van der Waals surface area contributed by atoms with Gasteiger partial charge in [0.2, 0.25) is 0 Å². The molecule has 1 aliphatic carbocycles. The Balaban J connectivity index is -0.000000309. The van der Waals surface area contributed by atoms with E-state index < -0.39 is 0 Å². The van der Waals surface area contributed by atoms with Crippen LogP contribution in [0.3, 0.4) is 0 Å². The number of allylic oxidation sites excluding steroid dienone is 4. The van der Waals surface area contributed by atoms with Crippen molar-refractivity contribution in [3.63, 3.8) is 0 Å². The molecule has 9 nitrogen and oxygen atoms in total. The maximum atomic E-state index is 9.65. The molecule has 1 fully saturated rings. The monoisotopic (exact) mass is 453 g/mol. The smallest absolute Gasteiger partial charge is 0.103 e. The molecule has 0 atom stereocenters. The summed E-state index contributed by atoms with van der Waals surface area (Å²) in [6, 6.07) is 5.72. The summed E-state index contributed by atoms with van der Waals surface area (Å²) in [4.78, 5) is 23.1. The molecule has 0 aliphatic heterocycles. The summed E-state index contributed by atoms with van der Waals surface area (Å²) in [7, 11) is 0. The molecular formula is C19H32CoN5O4-. The number of pyridine rings is 1. The van der Waals surface area contributed by atoms with Gasteiger partial charge in [0.05, 0.1) is 11.4 Å². The first-order valence-corrected chi connectivity index (χ1v) is 8.93. The normalized spacial score (nSPS) is 13.4. The van der Waals surface area contributed by atoms with Crippen LogP contribution in [0.15, 0.2) is 63.7 Å². The van der Waals surface area contributed by atoms with Gasteiger partial charge in [-0.15, -0.1) is 9.81 Å². The largest absolute Gasteiger partial charge is 0.328 e. The first kappa shape index (κ1) is 31.5. The molecule has 0 saturated heterocycles. The molecule has 29 heavy (non-hydrogen) atoms. The van der Waals surface area contributed by atoms with Crippen LogP contribution in [-0.4, -0.2) is 15.4 Å². The van der Waals surface area contributed by atoms with Gasteiger partial charge in [0.15, 0.2) is 0 Å². The third kappa shape index (κ3) is 22.0. The molecule has 10 heteroatoms. The zero-order chi connectivity index (χ0) is 21.6. The zero-order valence-corrected chi connectivity index (χ0v) is 18.4. The fourth-order valence-electron chi connectivity index (χ4n) is 1.51. The van der Waals surface area contributed by atoms with E-state index in [2.05, 4.69) is 21.8 Å². The Morgan fingerprint density at radius 2 is 1.24 bits per heavy atom. The Hall–Kier alpha value is -2.14. The summed E-state index contributed by atoms with van der Waals surface area (Å²) in [5.74, 6) is 0. The molecule has 167 valence electrons. The van der Waals surface area contributed by atoms with E-state index in [1.54, 1.807) is 37.2 Å². The van der Waals surface area contributed by atoms with Crippen LogP contribution in [0.1, 0.15) is 59.8 Å². The van der Waals surface area contributed by atoms with E-state index in [1.807, 2.05) is 18.2 Å². The summed E-state index contributed by atoms with van der Waals surface area (Å²) >= 11 is 0. The number of nitroso groups, excluding NO2 is 2. The van der Waals surface area contributed by atoms with E-state index in [0.717, 1.165) is 0 Å². The van der Waals surface area contributed by atoms with Gasteiger partial charge in [0.1, 0.15) is 11.4 Å². The van der Waals surface area contributed by atoms with Crippen LogP contribution in [0, 0.1) is 16.2 Å². The van der Waals surface area contributed by atoms with Crippen LogP contribution in [0.5, 0.6) is 0 Å². The van der Waals surface area contributed by atoms with Crippen molar-refractivity contribution in [2.75, 3.05) is 0 Å². The Kier molecular flexibility index (Phi) is 26.0. The number of aromatic nitrogens is 1. The average molecular weight is 453 g/mol. The van der Waals surface area contributed by atoms with Crippen molar-refractivity contribution in [1.82, 2.24) is 15.9 Å². The van der Waals surface area contributed by atoms with Crippen LogP contribution in [-0.2, 0) is 16.8 Å². The molecule has 1 radical (unpaired) electrons. The molecule has 0 spiro atoms. The molecule has 0 aromatic carbocycles. The third-order valence-corrected chi connectivity index (χ3v) is 3.58. The average Bonchev–Trinajstić information content (AvgIpc) is 2.80. The van der Waals surface area contributed by atoms with Gasteiger partial charge in [-0.1, -0.05) is 25.3 Å². The number of nitrogens with zero attached hydrogens (tertiary/aromatic N) is 3. The van der Waals surface area contributed by atoms with Crippen LogP contribution >= 0.6 is 0 Å². The van der Waals surface area contributed by atoms with E-state index >= 15 is 0 Å². The number of nitrogens with one attached hydrogen (secondary N) is 2. The predicted molar refractivity (Wildman–Crippen MR) is 110 cm³/mol. The minimum atomic E-state index is 0. The molecule has 1 saturated carbocycles. The number of hydrogen-bond donors (Lipinski definition) is 4. The van der Waals surface area contributed by atoms with Gasteiger partial charge in [0, 0.05) is 29.2 Å². The minimum Gasteiger partial charge on any atom is -0.328 e. The first-order valence-electron chi connectivity index (χ1n) is 8.93. The second-order valence-electron chi connectivity index (χ2n) is 5.78.